The summed E-state index contributed by atoms with van der Waals surface area (Å²) in [5.74, 6) is 0.835. The maximum atomic E-state index is 14.1. The number of rotatable bonds is 35. The number of esters is 2. The van der Waals surface area contributed by atoms with Crippen molar-refractivity contribution in [2.75, 3.05) is 125 Å². The lowest BCUT2D eigenvalue weighted by molar-refractivity contribution is -0.141. The molecule has 3 N–H and O–H groups in total. The van der Waals surface area contributed by atoms with Gasteiger partial charge in [-0.15, -0.1) is 0 Å². The van der Waals surface area contributed by atoms with Crippen LogP contribution >= 0.6 is 0 Å². The average Bonchev–Trinajstić information content (AvgIpc) is 1.62. The Morgan fingerprint density at radius 3 is 1.24 bits per heavy atom. The van der Waals surface area contributed by atoms with E-state index in [-0.39, 0.29) is 86.4 Å². The van der Waals surface area contributed by atoms with Crippen LogP contribution in [0.4, 0.5) is 45.5 Å². The molecule has 14 rings (SSSR count). The minimum Gasteiger partial charge on any atom is -0.508 e. The van der Waals surface area contributed by atoms with E-state index >= 15 is 0 Å². The van der Waals surface area contributed by atoms with Gasteiger partial charge in [-0.2, -0.15) is 0 Å². The molecule has 0 aliphatic carbocycles. The van der Waals surface area contributed by atoms with Gasteiger partial charge in [0, 0.05) is 137 Å². The first-order valence-electron chi connectivity index (χ1n) is 39.8. The summed E-state index contributed by atoms with van der Waals surface area (Å²) >= 11 is 0. The molecule has 6 aliphatic rings. The zero-order valence-corrected chi connectivity index (χ0v) is 67.1. The first-order valence-corrected chi connectivity index (χ1v) is 39.8. The fourth-order valence-electron chi connectivity index (χ4n) is 15.0. The number of anilines is 5. The molecule has 6 aliphatic heterocycles. The molecule has 0 aromatic heterocycles. The van der Waals surface area contributed by atoms with Gasteiger partial charge >= 0.3 is 11.9 Å². The number of aliphatic imine (C=N–C) groups is 3. The van der Waals surface area contributed by atoms with Crippen LogP contribution in [0.25, 0.3) is 0 Å². The summed E-state index contributed by atoms with van der Waals surface area (Å²) in [6.07, 6.45) is 11.4. The lowest BCUT2D eigenvalue weighted by Gasteiger charge is -2.26. The molecule has 0 bridgehead atoms. The Labute approximate surface area is 677 Å². The molecule has 8 aromatic carbocycles. The third-order valence-corrected chi connectivity index (χ3v) is 20.9. The van der Waals surface area contributed by atoms with Crippen LogP contribution in [-0.2, 0) is 83.7 Å². The second-order valence-corrected chi connectivity index (χ2v) is 29.1. The van der Waals surface area contributed by atoms with E-state index in [1.165, 1.54) is 19.8 Å². The van der Waals surface area contributed by atoms with Crippen molar-refractivity contribution < 1.29 is 81.9 Å². The van der Waals surface area contributed by atoms with Crippen LogP contribution in [-0.4, -0.2) is 182 Å². The van der Waals surface area contributed by atoms with Gasteiger partial charge in [0.05, 0.1) is 126 Å². The van der Waals surface area contributed by atoms with E-state index in [0.717, 1.165) is 93.3 Å². The highest BCUT2D eigenvalue weighted by Crippen LogP contribution is 2.44. The predicted molar refractivity (Wildman–Crippen MR) is 448 cm³/mol. The van der Waals surface area contributed by atoms with Crippen LogP contribution < -0.4 is 38.7 Å². The fraction of sp³-hybridized carbons (Fsp3) is 0.385. The SMILES string of the molecule is CCCOCCOCCN(CCCC(=O)OC)c1cc(CO)cc(CO)c1.CCCOCCOCCN(CCCC(=O)OC)c1cc(COc2cc3c(cc2C)C(=O)N2c4ccccc4C[C@H]2C=N3)cc(COc2cc3c(cc2OC)C(=O)N2c4ccccc4C[C@H]2C=N3)c1.Cc1cc2c(cc1O)N=C[C@@H]1Cc3ccccc3N1C2=O. The molecule has 0 saturated heterocycles. The second kappa shape index (κ2) is 40.8. The van der Waals surface area contributed by atoms with Gasteiger partial charge in [-0.25, -0.2) is 0 Å². The minimum atomic E-state index is -0.274. The predicted octanol–water partition coefficient (Wildman–Crippen LogP) is 13.8. The third-order valence-electron chi connectivity index (χ3n) is 20.9. The van der Waals surface area contributed by atoms with Gasteiger partial charge in [0.15, 0.2) is 11.5 Å². The third kappa shape index (κ3) is 20.7. The van der Waals surface area contributed by atoms with Gasteiger partial charge in [-0.1, -0.05) is 74.5 Å². The molecule has 3 amide bonds. The summed E-state index contributed by atoms with van der Waals surface area (Å²) in [5.41, 5.74) is 15.7. The first-order chi connectivity index (χ1) is 56.5. The molecule has 25 nitrogen and oxygen atoms in total. The largest absolute Gasteiger partial charge is 0.508 e. The number of ether oxygens (including phenoxy) is 9. The van der Waals surface area contributed by atoms with Crippen LogP contribution in [0.1, 0.15) is 134 Å². The first kappa shape index (κ1) is 84.1. The quantitative estimate of drug-likeness (QED) is 0.0246. The van der Waals surface area contributed by atoms with Crippen LogP contribution in [0.15, 0.2) is 161 Å². The summed E-state index contributed by atoms with van der Waals surface area (Å²) in [6.45, 7) is 14.9. The molecular formula is C91H104N8O17. The van der Waals surface area contributed by atoms with Crippen molar-refractivity contribution in [3.8, 4) is 23.0 Å². The van der Waals surface area contributed by atoms with Crippen molar-refractivity contribution >= 4 is 93.8 Å². The number of benzene rings is 8. The number of carbonyl (C=O) groups excluding carboxylic acids is 5. The molecule has 0 spiro atoms. The number of hydrogen-bond donors (Lipinski definition) is 3. The zero-order valence-electron chi connectivity index (χ0n) is 67.1. The highest BCUT2D eigenvalue weighted by atomic mass is 16.5. The molecule has 0 unspecified atom stereocenters. The van der Waals surface area contributed by atoms with Crippen molar-refractivity contribution in [3.05, 3.63) is 212 Å². The van der Waals surface area contributed by atoms with Crippen molar-refractivity contribution in [3.63, 3.8) is 0 Å². The number of aliphatic hydroxyl groups is 2. The number of para-hydroxylation sites is 3. The number of aromatic hydroxyl groups is 1. The summed E-state index contributed by atoms with van der Waals surface area (Å²) in [7, 11) is 4.34. The van der Waals surface area contributed by atoms with E-state index in [0.29, 0.717) is 161 Å². The van der Waals surface area contributed by atoms with Crippen molar-refractivity contribution in [2.24, 2.45) is 15.0 Å². The van der Waals surface area contributed by atoms with Gasteiger partial charge in [-0.05, 0) is 156 Å². The maximum absolute atomic E-state index is 14.1. The molecule has 116 heavy (non-hydrogen) atoms. The number of carbonyl (C=O) groups is 5. The number of nitrogens with zero attached hydrogens (tertiary/aromatic N) is 8. The van der Waals surface area contributed by atoms with Gasteiger partial charge in [-0.3, -0.25) is 53.6 Å². The molecule has 610 valence electrons. The van der Waals surface area contributed by atoms with Crippen LogP contribution in [0.3, 0.4) is 0 Å². The summed E-state index contributed by atoms with van der Waals surface area (Å²) in [6, 6.07) is 45.7. The number of hydrogen-bond acceptors (Lipinski definition) is 22. The maximum Gasteiger partial charge on any atom is 0.305 e. The molecule has 8 aromatic rings. The number of aryl methyl sites for hydroxylation is 2. The fourth-order valence-corrected chi connectivity index (χ4v) is 15.0. The summed E-state index contributed by atoms with van der Waals surface area (Å²) < 4.78 is 51.3. The number of methoxy groups -OCH3 is 3. The monoisotopic (exact) mass is 1580 g/mol. The lowest BCUT2D eigenvalue weighted by Crippen LogP contribution is -2.37. The number of aliphatic hydroxyl groups excluding tert-OH is 2. The molecule has 6 heterocycles. The van der Waals surface area contributed by atoms with Gasteiger partial charge < -0.3 is 67.8 Å². The Hall–Kier alpha value is -11.3. The van der Waals surface area contributed by atoms with Crippen molar-refractivity contribution in [1.29, 1.82) is 0 Å². The Morgan fingerprint density at radius 2 is 0.819 bits per heavy atom. The Bertz CT molecular complexity index is 4870. The molecule has 0 fully saturated rings. The van der Waals surface area contributed by atoms with Crippen LogP contribution in [0, 0.1) is 13.8 Å². The number of fused-ring (bicyclic) bond motifs is 12. The van der Waals surface area contributed by atoms with Crippen molar-refractivity contribution in [2.45, 2.75) is 130 Å². The Kier molecular flexibility index (Phi) is 29.6. The normalized spacial score (nSPS) is 15.5. The minimum absolute atomic E-state index is 0.0512. The lowest BCUT2D eigenvalue weighted by atomic mass is 10.1. The average molecular weight is 1580 g/mol. The van der Waals surface area contributed by atoms with Crippen molar-refractivity contribution in [1.82, 2.24) is 0 Å². The molecule has 0 radical (unpaired) electrons. The van der Waals surface area contributed by atoms with E-state index < -0.39 is 0 Å². The molecule has 25 heteroatoms. The molecular weight excluding hydrogens is 1480 g/mol. The van der Waals surface area contributed by atoms with E-state index in [9.17, 15) is 39.3 Å². The van der Waals surface area contributed by atoms with E-state index in [2.05, 4.69) is 46.8 Å². The van der Waals surface area contributed by atoms with Crippen LogP contribution in [0.2, 0.25) is 0 Å². The standard InChI is InChI=1S/C54H57N5O9.C20H33NO6.C17H14N2O2/c1-5-18-65-20-21-66-19-17-57(16-10-15-52(60)64-4)40-24-36(33-67-49-29-45-43(22-35(49)2)53(61)58-41(31-55-45)26-38-11-6-8-13-47(38)58)23-37(25-40)34-68-51-30-46-44(28-50(51)63-3)54(62)59-42(32-56-46)27-39-12-7-9-14-48(39)59;1-3-8-26-10-11-27-9-7-21(6-4-5-20(24)25-2)19-13-17(15-22)12-18(14-19)16-23;1-10-6-13-14(8-16(10)20)18-9-12-7-11-4-2-3-5-15(11)19(12)17(13)21/h6-9,11-14,22-25,28-32,41-42H,5,10,15-21,26-27,33-34H2,1-4H3;12-14,22-23H,3-11,15-16H2,1-2H3;2-6,8-9,12,20H,7H2,1H3/t41-,42-;;12-/m0.0/s1. The highest BCUT2D eigenvalue weighted by molar-refractivity contribution is 6.17. The number of phenols is 1. The Balaban J connectivity index is 0.000000209. The summed E-state index contributed by atoms with van der Waals surface area (Å²) in [5, 5.41) is 28.7. The van der Waals surface area contributed by atoms with E-state index in [4.69, 9.17) is 52.6 Å². The van der Waals surface area contributed by atoms with Gasteiger partial charge in [0.25, 0.3) is 17.7 Å². The smallest absolute Gasteiger partial charge is 0.305 e. The van der Waals surface area contributed by atoms with E-state index in [1.54, 1.807) is 55.5 Å². The van der Waals surface area contributed by atoms with Gasteiger partial charge in [0.1, 0.15) is 24.7 Å². The summed E-state index contributed by atoms with van der Waals surface area (Å²) in [4.78, 5) is 88.4. The topological polar surface area (TPSA) is 282 Å². The van der Waals surface area contributed by atoms with E-state index in [1.807, 2.05) is 126 Å². The number of amides is 3. The second-order valence-electron chi connectivity index (χ2n) is 29.1. The highest BCUT2D eigenvalue weighted by Gasteiger charge is 2.40. The molecule has 3 atom stereocenters. The van der Waals surface area contributed by atoms with Crippen LogP contribution in [0.5, 0.6) is 23.0 Å². The zero-order chi connectivity index (χ0) is 81.6. The Morgan fingerprint density at radius 1 is 0.440 bits per heavy atom. The van der Waals surface area contributed by atoms with Gasteiger partial charge in [0.2, 0.25) is 0 Å². The number of phenolic OH excluding ortho intramolecular Hbond substituents is 1. The molecule has 0 saturated carbocycles.